The van der Waals surface area contributed by atoms with Crippen molar-refractivity contribution in [1.29, 1.82) is 0 Å². The van der Waals surface area contributed by atoms with E-state index in [1.54, 1.807) is 24.4 Å². The second kappa shape index (κ2) is 8.49. The first-order chi connectivity index (χ1) is 12.6. The van der Waals surface area contributed by atoms with Crippen LogP contribution < -0.4 is 10.5 Å². The number of aryl methyl sites for hydroxylation is 2. The normalized spacial score (nSPS) is 10.8. The zero-order chi connectivity index (χ0) is 18.5. The predicted octanol–water partition coefficient (Wildman–Crippen LogP) is 5.44. The van der Waals surface area contributed by atoms with Gasteiger partial charge in [0.1, 0.15) is 17.3 Å². The Morgan fingerprint density at radius 1 is 1.04 bits per heavy atom. The van der Waals surface area contributed by atoms with Crippen molar-refractivity contribution in [3.8, 4) is 22.8 Å². The molecule has 26 heavy (non-hydrogen) atoms. The van der Waals surface area contributed by atoms with Gasteiger partial charge in [0.2, 0.25) is 0 Å². The van der Waals surface area contributed by atoms with E-state index in [0.717, 1.165) is 41.2 Å². The maximum Gasteiger partial charge on any atom is 0.130 e. The summed E-state index contributed by atoms with van der Waals surface area (Å²) in [6, 6.07) is 13.1. The van der Waals surface area contributed by atoms with Crippen LogP contribution in [0.5, 0.6) is 11.5 Å². The maximum atomic E-state index is 6.08. The fourth-order valence-corrected chi connectivity index (χ4v) is 2.90. The molecule has 0 aliphatic carbocycles. The van der Waals surface area contributed by atoms with Crippen LogP contribution in [0.3, 0.4) is 0 Å². The Morgan fingerprint density at radius 2 is 1.88 bits per heavy atom. The third kappa shape index (κ3) is 4.52. The van der Waals surface area contributed by atoms with Crippen molar-refractivity contribution in [3.63, 3.8) is 0 Å². The lowest BCUT2D eigenvalue weighted by atomic mass is 10.0. The molecule has 0 atom stereocenters. The zero-order valence-corrected chi connectivity index (χ0v) is 15.9. The topological polar surface area (TPSA) is 61.0 Å². The van der Waals surface area contributed by atoms with E-state index in [0.29, 0.717) is 22.3 Å². The van der Waals surface area contributed by atoms with Crippen LogP contribution in [0.25, 0.3) is 11.3 Å². The fourth-order valence-electron chi connectivity index (χ4n) is 2.61. The fraction of sp³-hybridized carbons (Fsp3) is 0.200. The number of rotatable bonds is 6. The minimum Gasteiger partial charge on any atom is -0.457 e. The number of aromatic nitrogens is 2. The SMILES string of the molecule is Cc1nccc(-c2ccc(Oc3ccc(Cl)c(Cl)c3)c(CCCN)c2)n1. The highest BCUT2D eigenvalue weighted by Crippen LogP contribution is 2.33. The molecule has 6 heteroatoms. The van der Waals surface area contributed by atoms with E-state index in [2.05, 4.69) is 16.0 Å². The lowest BCUT2D eigenvalue weighted by molar-refractivity contribution is 0.475. The van der Waals surface area contributed by atoms with Crippen LogP contribution in [0.2, 0.25) is 10.0 Å². The van der Waals surface area contributed by atoms with Gasteiger partial charge in [-0.25, -0.2) is 9.97 Å². The highest BCUT2D eigenvalue weighted by Gasteiger charge is 2.10. The minimum atomic E-state index is 0.459. The van der Waals surface area contributed by atoms with Gasteiger partial charge < -0.3 is 10.5 Å². The molecular weight excluding hydrogens is 369 g/mol. The van der Waals surface area contributed by atoms with Gasteiger partial charge >= 0.3 is 0 Å². The molecule has 0 aliphatic rings. The molecule has 3 rings (SSSR count). The molecule has 0 bridgehead atoms. The van der Waals surface area contributed by atoms with Gasteiger partial charge in [-0.15, -0.1) is 0 Å². The molecule has 0 unspecified atom stereocenters. The van der Waals surface area contributed by atoms with Gasteiger partial charge in [0.05, 0.1) is 15.7 Å². The number of nitrogens with two attached hydrogens (primary N) is 1. The van der Waals surface area contributed by atoms with Crippen molar-refractivity contribution in [2.75, 3.05) is 6.54 Å². The van der Waals surface area contributed by atoms with Gasteiger partial charge in [-0.05, 0) is 68.3 Å². The zero-order valence-electron chi connectivity index (χ0n) is 14.4. The van der Waals surface area contributed by atoms with Crippen LogP contribution in [0.1, 0.15) is 17.8 Å². The Bertz CT molecular complexity index is 915. The van der Waals surface area contributed by atoms with Crippen LogP contribution >= 0.6 is 23.2 Å². The first kappa shape index (κ1) is 18.6. The summed E-state index contributed by atoms with van der Waals surface area (Å²) in [6.07, 6.45) is 3.44. The van der Waals surface area contributed by atoms with Crippen molar-refractivity contribution >= 4 is 23.2 Å². The van der Waals surface area contributed by atoms with E-state index in [9.17, 15) is 0 Å². The molecule has 3 aromatic rings. The third-order valence-corrected chi connectivity index (χ3v) is 4.64. The van der Waals surface area contributed by atoms with Gasteiger partial charge in [-0.2, -0.15) is 0 Å². The van der Waals surface area contributed by atoms with Gasteiger partial charge in [-0.3, -0.25) is 0 Å². The molecule has 2 aromatic carbocycles. The summed E-state index contributed by atoms with van der Waals surface area (Å²) in [6.45, 7) is 2.49. The van der Waals surface area contributed by atoms with E-state index >= 15 is 0 Å². The van der Waals surface area contributed by atoms with E-state index < -0.39 is 0 Å². The number of ether oxygens (including phenoxy) is 1. The molecule has 1 heterocycles. The number of benzene rings is 2. The number of halogens is 2. The van der Waals surface area contributed by atoms with Gasteiger partial charge in [0, 0.05) is 17.8 Å². The average molecular weight is 388 g/mol. The summed E-state index contributed by atoms with van der Waals surface area (Å²) in [5.41, 5.74) is 8.66. The van der Waals surface area contributed by atoms with Crippen LogP contribution in [0, 0.1) is 6.92 Å². The summed E-state index contributed by atoms with van der Waals surface area (Å²) in [7, 11) is 0. The maximum absolute atomic E-state index is 6.08. The van der Waals surface area contributed by atoms with Crippen LogP contribution in [-0.4, -0.2) is 16.5 Å². The Labute approximate surface area is 163 Å². The Morgan fingerprint density at radius 3 is 2.62 bits per heavy atom. The molecule has 0 amide bonds. The lowest BCUT2D eigenvalue weighted by Gasteiger charge is -2.13. The molecule has 4 nitrogen and oxygen atoms in total. The number of hydrogen-bond donors (Lipinski definition) is 1. The number of nitrogens with zero attached hydrogens (tertiary/aromatic N) is 2. The second-order valence-electron chi connectivity index (χ2n) is 5.88. The Kier molecular flexibility index (Phi) is 6.09. The summed E-state index contributed by atoms with van der Waals surface area (Å²) >= 11 is 12.1. The van der Waals surface area contributed by atoms with E-state index in [4.69, 9.17) is 33.7 Å². The Balaban J connectivity index is 1.94. The lowest BCUT2D eigenvalue weighted by Crippen LogP contribution is -2.02. The molecule has 1 aromatic heterocycles. The molecule has 0 radical (unpaired) electrons. The molecule has 0 spiro atoms. The first-order valence-electron chi connectivity index (χ1n) is 8.33. The molecule has 0 saturated carbocycles. The average Bonchev–Trinajstić information content (AvgIpc) is 2.64. The molecule has 134 valence electrons. The molecule has 0 saturated heterocycles. The summed E-state index contributed by atoms with van der Waals surface area (Å²) in [5.74, 6) is 2.15. The minimum absolute atomic E-state index is 0.459. The standard InChI is InChI=1S/C20H19Cl2N3O/c1-13-24-10-8-19(25-13)14-4-7-20(15(11-14)3-2-9-23)26-16-5-6-17(21)18(22)12-16/h4-8,10-12H,2-3,9,23H2,1H3. The summed E-state index contributed by atoms with van der Waals surface area (Å²) in [5, 5.41) is 0.956. The molecule has 0 aliphatic heterocycles. The van der Waals surface area contributed by atoms with Crippen molar-refractivity contribution in [2.45, 2.75) is 19.8 Å². The van der Waals surface area contributed by atoms with E-state index in [1.165, 1.54) is 0 Å². The highest BCUT2D eigenvalue weighted by molar-refractivity contribution is 6.42. The molecule has 2 N–H and O–H groups in total. The quantitative estimate of drug-likeness (QED) is 0.611. The van der Waals surface area contributed by atoms with E-state index in [1.807, 2.05) is 25.1 Å². The number of hydrogen-bond acceptors (Lipinski definition) is 4. The van der Waals surface area contributed by atoms with Crippen molar-refractivity contribution in [2.24, 2.45) is 5.73 Å². The van der Waals surface area contributed by atoms with E-state index in [-0.39, 0.29) is 0 Å². The monoisotopic (exact) mass is 387 g/mol. The highest BCUT2D eigenvalue weighted by atomic mass is 35.5. The van der Waals surface area contributed by atoms with Gasteiger partial charge in [0.15, 0.2) is 0 Å². The van der Waals surface area contributed by atoms with Gasteiger partial charge in [-0.1, -0.05) is 23.2 Å². The second-order valence-corrected chi connectivity index (χ2v) is 6.70. The first-order valence-corrected chi connectivity index (χ1v) is 9.08. The van der Waals surface area contributed by atoms with Gasteiger partial charge in [0.25, 0.3) is 0 Å². The van der Waals surface area contributed by atoms with Crippen molar-refractivity contribution in [3.05, 3.63) is 70.1 Å². The van der Waals surface area contributed by atoms with Crippen LogP contribution in [0.4, 0.5) is 0 Å². The van der Waals surface area contributed by atoms with Crippen molar-refractivity contribution in [1.82, 2.24) is 9.97 Å². The smallest absolute Gasteiger partial charge is 0.130 e. The van der Waals surface area contributed by atoms with Crippen LogP contribution in [0.15, 0.2) is 48.7 Å². The van der Waals surface area contributed by atoms with Crippen LogP contribution in [-0.2, 0) is 6.42 Å². The summed E-state index contributed by atoms with van der Waals surface area (Å²) in [4.78, 5) is 8.64. The van der Waals surface area contributed by atoms with Crippen molar-refractivity contribution < 1.29 is 4.74 Å². The largest absolute Gasteiger partial charge is 0.457 e. The summed E-state index contributed by atoms with van der Waals surface area (Å²) < 4.78 is 6.04. The molecular formula is C20H19Cl2N3O. The third-order valence-electron chi connectivity index (χ3n) is 3.90. The Hall–Kier alpha value is -2.14. The molecule has 0 fully saturated rings. The predicted molar refractivity (Wildman–Crippen MR) is 106 cm³/mol.